The number of rotatable bonds is 5. The minimum atomic E-state index is -0.487. The van der Waals surface area contributed by atoms with Gasteiger partial charge < -0.3 is 0 Å². The van der Waals surface area contributed by atoms with Gasteiger partial charge in [-0.2, -0.15) is 5.10 Å². The molecule has 0 unspecified atom stereocenters. The molecule has 6 nitrogen and oxygen atoms in total. The van der Waals surface area contributed by atoms with Crippen LogP contribution in [0.2, 0.25) is 0 Å². The number of hydrazone groups is 1. The number of nitro benzene ring substituents is 1. The van der Waals surface area contributed by atoms with E-state index in [-0.39, 0.29) is 18.0 Å². The average molecular weight is 311 g/mol. The van der Waals surface area contributed by atoms with Crippen molar-refractivity contribution >= 4 is 17.8 Å². The molecule has 0 heterocycles. The minimum Gasteiger partial charge on any atom is -0.273 e. The first-order valence-corrected chi connectivity index (χ1v) is 7.09. The van der Waals surface area contributed by atoms with Crippen LogP contribution in [0.1, 0.15) is 22.3 Å². The second kappa shape index (κ2) is 7.31. The lowest BCUT2D eigenvalue weighted by Gasteiger charge is -2.06. The maximum atomic E-state index is 11.9. The third-order valence-electron chi connectivity index (χ3n) is 3.38. The number of carbonyl (C=O) groups excluding carboxylic acids is 1. The summed E-state index contributed by atoms with van der Waals surface area (Å²) in [5.74, 6) is -0.270. The zero-order valence-electron chi connectivity index (χ0n) is 12.9. The molecule has 0 saturated heterocycles. The summed E-state index contributed by atoms with van der Waals surface area (Å²) in [7, 11) is 0. The molecule has 0 bridgehead atoms. The van der Waals surface area contributed by atoms with Crippen LogP contribution in [-0.4, -0.2) is 17.0 Å². The van der Waals surface area contributed by atoms with E-state index in [2.05, 4.69) is 10.5 Å². The van der Waals surface area contributed by atoms with Crippen molar-refractivity contribution in [2.45, 2.75) is 20.3 Å². The van der Waals surface area contributed by atoms with Crippen LogP contribution in [0.5, 0.6) is 0 Å². The highest BCUT2D eigenvalue weighted by Gasteiger charge is 2.10. The number of nitrogens with zero attached hydrogens (tertiary/aromatic N) is 2. The molecule has 0 aliphatic rings. The van der Waals surface area contributed by atoms with Gasteiger partial charge in [0.25, 0.3) is 5.69 Å². The van der Waals surface area contributed by atoms with Gasteiger partial charge >= 0.3 is 0 Å². The number of amides is 1. The number of benzene rings is 2. The van der Waals surface area contributed by atoms with E-state index in [0.29, 0.717) is 5.56 Å². The summed E-state index contributed by atoms with van der Waals surface area (Å²) < 4.78 is 0. The quantitative estimate of drug-likeness (QED) is 0.523. The molecule has 2 rings (SSSR count). The van der Waals surface area contributed by atoms with Crippen molar-refractivity contribution in [3.8, 4) is 0 Å². The molecule has 23 heavy (non-hydrogen) atoms. The van der Waals surface area contributed by atoms with Gasteiger partial charge in [-0.3, -0.25) is 14.9 Å². The Morgan fingerprint density at radius 2 is 2.00 bits per heavy atom. The molecule has 1 N–H and O–H groups in total. The van der Waals surface area contributed by atoms with Crippen LogP contribution < -0.4 is 5.43 Å². The van der Waals surface area contributed by atoms with Crippen LogP contribution >= 0.6 is 0 Å². The van der Waals surface area contributed by atoms with Crippen LogP contribution in [-0.2, 0) is 11.2 Å². The molecule has 0 atom stereocenters. The zero-order chi connectivity index (χ0) is 16.8. The van der Waals surface area contributed by atoms with E-state index in [1.54, 1.807) is 18.2 Å². The molecule has 0 fully saturated rings. The highest BCUT2D eigenvalue weighted by Crippen LogP contribution is 2.15. The largest absolute Gasteiger partial charge is 0.278 e. The predicted octanol–water partition coefficient (Wildman–Crippen LogP) is 2.90. The van der Waals surface area contributed by atoms with Crippen LogP contribution in [0, 0.1) is 24.0 Å². The molecule has 0 spiro atoms. The lowest BCUT2D eigenvalue weighted by Crippen LogP contribution is -2.20. The second-order valence-electron chi connectivity index (χ2n) is 5.22. The molecular formula is C17H17N3O3. The molecule has 0 radical (unpaired) electrons. The zero-order valence-corrected chi connectivity index (χ0v) is 12.9. The molecular weight excluding hydrogens is 294 g/mol. The lowest BCUT2D eigenvalue weighted by atomic mass is 10.0. The molecule has 0 aromatic heterocycles. The summed E-state index contributed by atoms with van der Waals surface area (Å²) >= 11 is 0. The van der Waals surface area contributed by atoms with Crippen molar-refractivity contribution < 1.29 is 9.72 Å². The fourth-order valence-corrected chi connectivity index (χ4v) is 2.14. The average Bonchev–Trinajstić information content (AvgIpc) is 2.51. The highest BCUT2D eigenvalue weighted by atomic mass is 16.6. The summed E-state index contributed by atoms with van der Waals surface area (Å²) in [6.45, 7) is 3.91. The molecule has 2 aromatic carbocycles. The van der Waals surface area contributed by atoms with E-state index in [1.807, 2.05) is 32.0 Å². The van der Waals surface area contributed by atoms with Crippen molar-refractivity contribution in [3.05, 3.63) is 74.8 Å². The first-order chi connectivity index (χ1) is 11.0. The van der Waals surface area contributed by atoms with Gasteiger partial charge in [0, 0.05) is 6.07 Å². The van der Waals surface area contributed by atoms with Gasteiger partial charge in [-0.25, -0.2) is 5.43 Å². The third kappa shape index (κ3) is 4.47. The number of carbonyl (C=O) groups is 1. The minimum absolute atomic E-state index is 0.0555. The number of para-hydroxylation sites is 1. The van der Waals surface area contributed by atoms with E-state index in [9.17, 15) is 14.9 Å². The fraction of sp³-hybridized carbons (Fsp3) is 0.176. The Labute approximate surface area is 134 Å². The van der Waals surface area contributed by atoms with E-state index in [0.717, 1.165) is 16.7 Å². The molecule has 6 heteroatoms. The molecule has 0 aliphatic heterocycles. The standard InChI is InChI=1S/C17H17N3O3/c1-12-7-8-13(2)15(9-12)10-17(21)19-18-11-14-5-3-4-6-16(14)20(22)23/h3-9,11H,10H2,1-2H3,(H,19,21)/b18-11+. The Morgan fingerprint density at radius 3 is 2.74 bits per heavy atom. The van der Waals surface area contributed by atoms with Gasteiger partial charge in [-0.05, 0) is 31.0 Å². The second-order valence-corrected chi connectivity index (χ2v) is 5.22. The fourth-order valence-electron chi connectivity index (χ4n) is 2.14. The van der Waals surface area contributed by atoms with Gasteiger partial charge in [0.15, 0.2) is 0 Å². The number of hydrogen-bond donors (Lipinski definition) is 1. The summed E-state index contributed by atoms with van der Waals surface area (Å²) in [4.78, 5) is 22.3. The summed E-state index contributed by atoms with van der Waals surface area (Å²) in [6, 6.07) is 12.1. The van der Waals surface area contributed by atoms with Crippen LogP contribution in [0.4, 0.5) is 5.69 Å². The van der Waals surface area contributed by atoms with Crippen molar-refractivity contribution in [2.24, 2.45) is 5.10 Å². The van der Waals surface area contributed by atoms with Gasteiger partial charge in [0.1, 0.15) is 0 Å². The molecule has 0 aliphatic carbocycles. The van der Waals surface area contributed by atoms with Gasteiger partial charge in [-0.15, -0.1) is 0 Å². The molecule has 0 saturated carbocycles. The SMILES string of the molecule is Cc1ccc(C)c(CC(=O)N/N=C/c2ccccc2[N+](=O)[O-])c1. The van der Waals surface area contributed by atoms with Crippen LogP contribution in [0.3, 0.4) is 0 Å². The molecule has 2 aromatic rings. The summed E-state index contributed by atoms with van der Waals surface area (Å²) in [5, 5.41) is 14.7. The maximum absolute atomic E-state index is 11.9. The first-order valence-electron chi connectivity index (χ1n) is 7.09. The molecule has 118 valence electrons. The van der Waals surface area contributed by atoms with Gasteiger partial charge in [0.05, 0.1) is 23.1 Å². The monoisotopic (exact) mass is 311 g/mol. The molecule has 1 amide bonds. The Balaban J connectivity index is 2.02. The van der Waals surface area contributed by atoms with E-state index < -0.39 is 4.92 Å². The van der Waals surface area contributed by atoms with E-state index in [1.165, 1.54) is 12.3 Å². The topological polar surface area (TPSA) is 84.6 Å². The maximum Gasteiger partial charge on any atom is 0.278 e. The van der Waals surface area contributed by atoms with Crippen LogP contribution in [0.25, 0.3) is 0 Å². The van der Waals surface area contributed by atoms with Crippen molar-refractivity contribution in [1.29, 1.82) is 0 Å². The lowest BCUT2D eigenvalue weighted by molar-refractivity contribution is -0.385. The van der Waals surface area contributed by atoms with E-state index in [4.69, 9.17) is 0 Å². The van der Waals surface area contributed by atoms with Gasteiger partial charge in [0.2, 0.25) is 5.91 Å². The predicted molar refractivity (Wildman–Crippen MR) is 88.5 cm³/mol. The number of nitrogens with one attached hydrogen (secondary N) is 1. The van der Waals surface area contributed by atoms with Gasteiger partial charge in [-0.1, -0.05) is 35.9 Å². The summed E-state index contributed by atoms with van der Waals surface area (Å²) in [6.07, 6.45) is 1.49. The number of aryl methyl sites for hydroxylation is 2. The Kier molecular flexibility index (Phi) is 5.19. The normalized spacial score (nSPS) is 10.7. The number of hydrogen-bond acceptors (Lipinski definition) is 4. The summed E-state index contributed by atoms with van der Waals surface area (Å²) in [5.41, 5.74) is 5.74. The first kappa shape index (κ1) is 16.4. The highest BCUT2D eigenvalue weighted by molar-refractivity contribution is 5.87. The Bertz CT molecular complexity index is 769. The number of nitro groups is 1. The van der Waals surface area contributed by atoms with Crippen molar-refractivity contribution in [3.63, 3.8) is 0 Å². The van der Waals surface area contributed by atoms with Crippen LogP contribution in [0.15, 0.2) is 47.6 Å². The third-order valence-corrected chi connectivity index (χ3v) is 3.38. The van der Waals surface area contributed by atoms with Crippen molar-refractivity contribution in [2.75, 3.05) is 0 Å². The smallest absolute Gasteiger partial charge is 0.273 e. The Morgan fingerprint density at radius 1 is 1.26 bits per heavy atom. The van der Waals surface area contributed by atoms with E-state index >= 15 is 0 Å². The Hall–Kier alpha value is -3.02. The van der Waals surface area contributed by atoms with Crippen molar-refractivity contribution in [1.82, 2.24) is 5.43 Å².